The van der Waals surface area contributed by atoms with Crippen molar-refractivity contribution in [3.05, 3.63) is 29.8 Å². The lowest BCUT2D eigenvalue weighted by Gasteiger charge is -2.35. The minimum atomic E-state index is -0.780. The lowest BCUT2D eigenvalue weighted by molar-refractivity contribution is -0.139. The Balaban J connectivity index is 0.00000242. The minimum Gasteiger partial charge on any atom is -0.494 e. The molecule has 0 saturated carbocycles. The van der Waals surface area contributed by atoms with Gasteiger partial charge in [-0.1, -0.05) is 12.1 Å². The summed E-state index contributed by atoms with van der Waals surface area (Å²) in [6.45, 7) is 4.26. The third kappa shape index (κ3) is 4.60. The third-order valence-corrected chi connectivity index (χ3v) is 3.81. The molecule has 1 aromatic rings. The predicted octanol–water partition coefficient (Wildman–Crippen LogP) is 1.97. The van der Waals surface area contributed by atoms with E-state index in [1.54, 1.807) is 11.9 Å². The molecule has 1 amide bonds. The zero-order valence-corrected chi connectivity index (χ0v) is 14.0. The van der Waals surface area contributed by atoms with Crippen LogP contribution in [0, 0.1) is 0 Å². The first-order valence-electron chi connectivity index (χ1n) is 7.39. The number of benzene rings is 1. The number of halogens is 1. The highest BCUT2D eigenvalue weighted by Gasteiger charge is 2.37. The Morgan fingerprint density at radius 2 is 1.91 bits per heavy atom. The van der Waals surface area contributed by atoms with Crippen molar-refractivity contribution in [1.29, 1.82) is 0 Å². The summed E-state index contributed by atoms with van der Waals surface area (Å²) in [6.07, 6.45) is 1.17. The highest BCUT2D eigenvalue weighted by molar-refractivity contribution is 5.86. The van der Waals surface area contributed by atoms with Gasteiger partial charge < -0.3 is 20.1 Å². The van der Waals surface area contributed by atoms with E-state index in [-0.39, 0.29) is 18.3 Å². The molecule has 1 saturated heterocycles. The molecule has 1 aliphatic rings. The smallest absolute Gasteiger partial charge is 0.242 e. The molecular formula is C16H25ClN2O3. The van der Waals surface area contributed by atoms with Gasteiger partial charge in [0.25, 0.3) is 0 Å². The molecule has 0 unspecified atom stereocenters. The summed E-state index contributed by atoms with van der Waals surface area (Å²) in [5.41, 5.74) is 6.51. The van der Waals surface area contributed by atoms with Crippen molar-refractivity contribution >= 4 is 18.3 Å². The standard InChI is InChI=1S/C16H24N2O3.ClH/c1-3-21-14-6-4-13(5-7-14)12-18(2)15(19)16(17)8-10-20-11-9-16;/h4-7H,3,8-12,17H2,1-2H3;1H. The van der Waals surface area contributed by atoms with Crippen LogP contribution in [0.1, 0.15) is 25.3 Å². The van der Waals surface area contributed by atoms with E-state index in [1.807, 2.05) is 31.2 Å². The topological polar surface area (TPSA) is 64.8 Å². The molecule has 0 radical (unpaired) electrons. The van der Waals surface area contributed by atoms with E-state index in [0.29, 0.717) is 39.2 Å². The number of ether oxygens (including phenoxy) is 2. The van der Waals surface area contributed by atoms with Crippen molar-refractivity contribution in [2.45, 2.75) is 31.8 Å². The number of amides is 1. The normalized spacial score (nSPS) is 16.5. The van der Waals surface area contributed by atoms with Crippen molar-refractivity contribution in [1.82, 2.24) is 4.90 Å². The van der Waals surface area contributed by atoms with Gasteiger partial charge in [-0.05, 0) is 37.5 Å². The first-order valence-corrected chi connectivity index (χ1v) is 7.39. The maximum atomic E-state index is 12.5. The second kappa shape index (κ2) is 8.36. The second-order valence-electron chi connectivity index (χ2n) is 5.51. The van der Waals surface area contributed by atoms with Crippen molar-refractivity contribution in [2.24, 2.45) is 5.73 Å². The van der Waals surface area contributed by atoms with Crippen LogP contribution in [0.5, 0.6) is 5.75 Å². The third-order valence-electron chi connectivity index (χ3n) is 3.81. The van der Waals surface area contributed by atoms with Gasteiger partial charge in [-0.3, -0.25) is 4.79 Å². The molecule has 0 bridgehead atoms. The number of carbonyl (C=O) groups is 1. The van der Waals surface area contributed by atoms with Crippen molar-refractivity contribution in [2.75, 3.05) is 26.9 Å². The van der Waals surface area contributed by atoms with Gasteiger partial charge in [0.2, 0.25) is 5.91 Å². The molecule has 2 N–H and O–H groups in total. The first-order chi connectivity index (χ1) is 10.0. The molecule has 124 valence electrons. The SMILES string of the molecule is CCOc1ccc(CN(C)C(=O)C2(N)CCOCC2)cc1.Cl. The van der Waals surface area contributed by atoms with Crippen molar-refractivity contribution in [3.8, 4) is 5.75 Å². The number of rotatable bonds is 5. The van der Waals surface area contributed by atoms with Crippen LogP contribution in [-0.4, -0.2) is 43.2 Å². The van der Waals surface area contributed by atoms with Crippen molar-refractivity contribution in [3.63, 3.8) is 0 Å². The Morgan fingerprint density at radius 3 is 2.45 bits per heavy atom. The van der Waals surface area contributed by atoms with Crippen LogP contribution < -0.4 is 10.5 Å². The number of nitrogens with two attached hydrogens (primary N) is 1. The molecule has 6 heteroatoms. The number of carbonyl (C=O) groups excluding carboxylic acids is 1. The summed E-state index contributed by atoms with van der Waals surface area (Å²) < 4.78 is 10.7. The summed E-state index contributed by atoms with van der Waals surface area (Å²) in [4.78, 5) is 14.2. The summed E-state index contributed by atoms with van der Waals surface area (Å²) in [7, 11) is 1.79. The number of likely N-dealkylation sites (N-methyl/N-ethyl adjacent to an activating group) is 1. The molecule has 0 aliphatic carbocycles. The number of nitrogens with zero attached hydrogens (tertiary/aromatic N) is 1. The van der Waals surface area contributed by atoms with Gasteiger partial charge in [-0.15, -0.1) is 12.4 Å². The predicted molar refractivity (Wildman–Crippen MR) is 88.3 cm³/mol. The fourth-order valence-electron chi connectivity index (χ4n) is 2.53. The van der Waals surface area contributed by atoms with Crippen LogP contribution in [-0.2, 0) is 16.1 Å². The molecule has 1 aliphatic heterocycles. The van der Waals surface area contributed by atoms with E-state index in [4.69, 9.17) is 15.2 Å². The highest BCUT2D eigenvalue weighted by Crippen LogP contribution is 2.21. The molecule has 1 aromatic carbocycles. The molecule has 0 atom stereocenters. The van der Waals surface area contributed by atoms with Crippen LogP contribution in [0.3, 0.4) is 0 Å². The van der Waals surface area contributed by atoms with Crippen LogP contribution in [0.25, 0.3) is 0 Å². The summed E-state index contributed by atoms with van der Waals surface area (Å²) in [6, 6.07) is 7.79. The molecule has 5 nitrogen and oxygen atoms in total. The minimum absolute atomic E-state index is 0. The van der Waals surface area contributed by atoms with Gasteiger partial charge in [0.05, 0.1) is 12.1 Å². The Hall–Kier alpha value is -1.30. The maximum Gasteiger partial charge on any atom is 0.242 e. The molecule has 0 aromatic heterocycles. The lowest BCUT2D eigenvalue weighted by Crippen LogP contribution is -2.57. The quantitative estimate of drug-likeness (QED) is 0.897. The second-order valence-corrected chi connectivity index (χ2v) is 5.51. The molecule has 2 rings (SSSR count). The maximum absolute atomic E-state index is 12.5. The zero-order chi connectivity index (χ0) is 15.3. The Labute approximate surface area is 138 Å². The fourth-order valence-corrected chi connectivity index (χ4v) is 2.53. The summed E-state index contributed by atoms with van der Waals surface area (Å²) in [5, 5.41) is 0. The van der Waals surface area contributed by atoms with E-state index in [1.165, 1.54) is 0 Å². The van der Waals surface area contributed by atoms with Gasteiger partial charge in [0, 0.05) is 26.8 Å². The summed E-state index contributed by atoms with van der Waals surface area (Å²) >= 11 is 0. The van der Waals surface area contributed by atoms with E-state index in [2.05, 4.69) is 0 Å². The molecule has 22 heavy (non-hydrogen) atoms. The van der Waals surface area contributed by atoms with Gasteiger partial charge in [-0.2, -0.15) is 0 Å². The number of hydrogen-bond acceptors (Lipinski definition) is 4. The van der Waals surface area contributed by atoms with Gasteiger partial charge in [-0.25, -0.2) is 0 Å². The zero-order valence-electron chi connectivity index (χ0n) is 13.2. The van der Waals surface area contributed by atoms with Crippen LogP contribution >= 0.6 is 12.4 Å². The molecule has 1 fully saturated rings. The van der Waals surface area contributed by atoms with E-state index >= 15 is 0 Å². The van der Waals surface area contributed by atoms with Crippen LogP contribution in [0.2, 0.25) is 0 Å². The highest BCUT2D eigenvalue weighted by atomic mass is 35.5. The summed E-state index contributed by atoms with van der Waals surface area (Å²) in [5.74, 6) is 0.828. The van der Waals surface area contributed by atoms with E-state index in [0.717, 1.165) is 11.3 Å². The van der Waals surface area contributed by atoms with Crippen LogP contribution in [0.4, 0.5) is 0 Å². The van der Waals surface area contributed by atoms with E-state index in [9.17, 15) is 4.79 Å². The number of hydrogen-bond donors (Lipinski definition) is 1. The Bertz CT molecular complexity index is 473. The molecule has 1 heterocycles. The van der Waals surface area contributed by atoms with Gasteiger partial charge in [0.15, 0.2) is 0 Å². The van der Waals surface area contributed by atoms with E-state index < -0.39 is 5.54 Å². The lowest BCUT2D eigenvalue weighted by atomic mass is 9.89. The van der Waals surface area contributed by atoms with Gasteiger partial charge >= 0.3 is 0 Å². The Morgan fingerprint density at radius 1 is 1.32 bits per heavy atom. The van der Waals surface area contributed by atoms with Crippen LogP contribution in [0.15, 0.2) is 24.3 Å². The first kappa shape index (κ1) is 18.7. The van der Waals surface area contributed by atoms with Gasteiger partial charge in [0.1, 0.15) is 5.75 Å². The largest absolute Gasteiger partial charge is 0.494 e. The average molecular weight is 329 g/mol. The molecular weight excluding hydrogens is 304 g/mol. The molecule has 0 spiro atoms. The average Bonchev–Trinajstić information content (AvgIpc) is 2.49. The van der Waals surface area contributed by atoms with Crippen molar-refractivity contribution < 1.29 is 14.3 Å². The monoisotopic (exact) mass is 328 g/mol. The fraction of sp³-hybridized carbons (Fsp3) is 0.562. The Kier molecular flexibility index (Phi) is 7.13.